The summed E-state index contributed by atoms with van der Waals surface area (Å²) in [5.74, 6) is 1.04. The Kier molecular flexibility index (Phi) is 6.26. The highest BCUT2D eigenvalue weighted by Crippen LogP contribution is 2.18. The molecule has 2 aliphatic heterocycles. The molecule has 0 aromatic rings. The van der Waals surface area contributed by atoms with Gasteiger partial charge >= 0.3 is 0 Å². The molecule has 2 rings (SSSR count). The monoisotopic (exact) mass is 283 g/mol. The van der Waals surface area contributed by atoms with E-state index in [1.54, 1.807) is 0 Å². The van der Waals surface area contributed by atoms with Crippen LogP contribution in [0.15, 0.2) is 0 Å². The van der Waals surface area contributed by atoms with E-state index in [0.29, 0.717) is 13.2 Å². The van der Waals surface area contributed by atoms with Crippen molar-refractivity contribution in [2.24, 2.45) is 5.92 Å². The number of carbonyl (C=O) groups is 1. The van der Waals surface area contributed by atoms with Gasteiger partial charge in [0.1, 0.15) is 0 Å². The number of carbonyl (C=O) groups excluding carboxylic acids is 1. The molecular weight excluding hydrogens is 254 g/mol. The summed E-state index contributed by atoms with van der Waals surface area (Å²) in [4.78, 5) is 16.5. The van der Waals surface area contributed by atoms with Crippen LogP contribution in [-0.4, -0.2) is 74.7 Å². The summed E-state index contributed by atoms with van der Waals surface area (Å²) in [6, 6.07) is -0.0700. The second-order valence-electron chi connectivity index (χ2n) is 6.15. The summed E-state index contributed by atoms with van der Waals surface area (Å²) in [6.45, 7) is 8.18. The molecule has 0 aromatic carbocycles. The van der Waals surface area contributed by atoms with Crippen molar-refractivity contribution in [3.8, 4) is 0 Å². The number of amides is 1. The van der Waals surface area contributed by atoms with E-state index in [9.17, 15) is 4.79 Å². The van der Waals surface area contributed by atoms with E-state index in [2.05, 4.69) is 17.3 Å². The predicted molar refractivity (Wildman–Crippen MR) is 79.7 cm³/mol. The maximum Gasteiger partial charge on any atom is 0.239 e. The molecule has 0 bridgehead atoms. The molecule has 2 heterocycles. The fourth-order valence-electron chi connectivity index (χ4n) is 3.00. The zero-order chi connectivity index (χ0) is 14.4. The fraction of sp³-hybridized carbons (Fsp3) is 0.933. The molecule has 1 unspecified atom stereocenters. The average molecular weight is 283 g/mol. The second-order valence-corrected chi connectivity index (χ2v) is 6.15. The van der Waals surface area contributed by atoms with Crippen LogP contribution in [0, 0.1) is 5.92 Å². The van der Waals surface area contributed by atoms with Gasteiger partial charge in [-0.2, -0.15) is 0 Å². The van der Waals surface area contributed by atoms with Crippen molar-refractivity contribution in [2.75, 3.05) is 53.0 Å². The quantitative estimate of drug-likeness (QED) is 0.800. The minimum Gasteiger partial charge on any atom is -0.378 e. The Morgan fingerprint density at radius 1 is 1.25 bits per heavy atom. The summed E-state index contributed by atoms with van der Waals surface area (Å²) in [5.41, 5.74) is 0. The van der Waals surface area contributed by atoms with Crippen LogP contribution in [0.2, 0.25) is 0 Å². The van der Waals surface area contributed by atoms with Gasteiger partial charge in [-0.05, 0) is 58.8 Å². The molecule has 1 atom stereocenters. The highest BCUT2D eigenvalue weighted by Gasteiger charge is 2.22. The van der Waals surface area contributed by atoms with Crippen LogP contribution in [-0.2, 0) is 9.53 Å². The van der Waals surface area contributed by atoms with Crippen LogP contribution in [0.5, 0.6) is 0 Å². The maximum atomic E-state index is 12.2. The predicted octanol–water partition coefficient (Wildman–Crippen LogP) is 0.555. The van der Waals surface area contributed by atoms with Crippen molar-refractivity contribution in [2.45, 2.75) is 32.2 Å². The Bertz CT molecular complexity index is 297. The highest BCUT2D eigenvalue weighted by atomic mass is 16.5. The lowest BCUT2D eigenvalue weighted by atomic mass is 9.94. The van der Waals surface area contributed by atoms with E-state index in [1.807, 2.05) is 11.8 Å². The van der Waals surface area contributed by atoms with E-state index in [0.717, 1.165) is 25.6 Å². The van der Waals surface area contributed by atoms with Crippen molar-refractivity contribution in [3.05, 3.63) is 0 Å². The lowest BCUT2D eigenvalue weighted by Gasteiger charge is -2.31. The number of piperidine rings is 1. The number of hydrogen-bond donors (Lipinski definition) is 1. The molecular formula is C15H29N3O2. The van der Waals surface area contributed by atoms with Gasteiger partial charge in [0.25, 0.3) is 0 Å². The number of nitrogens with zero attached hydrogens (tertiary/aromatic N) is 2. The fourth-order valence-corrected chi connectivity index (χ4v) is 3.00. The zero-order valence-electron chi connectivity index (χ0n) is 12.9. The van der Waals surface area contributed by atoms with Crippen LogP contribution in [0.3, 0.4) is 0 Å². The van der Waals surface area contributed by atoms with Gasteiger partial charge in [-0.1, -0.05) is 0 Å². The Balaban J connectivity index is 1.61. The molecule has 116 valence electrons. The van der Waals surface area contributed by atoms with E-state index in [-0.39, 0.29) is 11.9 Å². The number of hydrogen-bond acceptors (Lipinski definition) is 4. The number of nitrogens with one attached hydrogen (secondary N) is 1. The highest BCUT2D eigenvalue weighted by molar-refractivity contribution is 5.81. The van der Waals surface area contributed by atoms with E-state index < -0.39 is 0 Å². The normalized spacial score (nSPS) is 23.8. The lowest BCUT2D eigenvalue weighted by molar-refractivity contribution is -0.137. The van der Waals surface area contributed by atoms with Crippen LogP contribution < -0.4 is 5.32 Å². The third-order valence-electron chi connectivity index (χ3n) is 4.53. The van der Waals surface area contributed by atoms with Crippen molar-refractivity contribution in [1.29, 1.82) is 0 Å². The molecule has 0 spiro atoms. The van der Waals surface area contributed by atoms with Gasteiger partial charge in [0.2, 0.25) is 5.91 Å². The maximum absolute atomic E-state index is 12.2. The average Bonchev–Trinajstić information content (AvgIpc) is 2.49. The van der Waals surface area contributed by atoms with Crippen LogP contribution >= 0.6 is 0 Å². The third-order valence-corrected chi connectivity index (χ3v) is 4.53. The summed E-state index contributed by atoms with van der Waals surface area (Å²) >= 11 is 0. The molecule has 1 amide bonds. The Morgan fingerprint density at radius 2 is 1.90 bits per heavy atom. The SMILES string of the molecule is CC(NCCC1CCN(C)CC1)C(=O)N1CCOCC1. The summed E-state index contributed by atoms with van der Waals surface area (Å²) in [7, 11) is 2.19. The molecule has 0 radical (unpaired) electrons. The summed E-state index contributed by atoms with van der Waals surface area (Å²) in [6.07, 6.45) is 3.78. The molecule has 2 aliphatic rings. The third kappa shape index (κ3) is 4.72. The van der Waals surface area contributed by atoms with Crippen LogP contribution in [0.25, 0.3) is 0 Å². The number of morpholine rings is 1. The standard InChI is InChI=1S/C15H29N3O2/c1-13(15(19)18-9-11-20-12-10-18)16-6-3-14-4-7-17(2)8-5-14/h13-14,16H,3-12H2,1-2H3. The minimum atomic E-state index is -0.0700. The first-order chi connectivity index (χ1) is 9.66. The van der Waals surface area contributed by atoms with E-state index in [4.69, 9.17) is 4.74 Å². The molecule has 20 heavy (non-hydrogen) atoms. The first kappa shape index (κ1) is 15.7. The Labute approximate surface area is 122 Å². The smallest absolute Gasteiger partial charge is 0.239 e. The first-order valence-corrected chi connectivity index (χ1v) is 7.95. The zero-order valence-corrected chi connectivity index (χ0v) is 12.9. The van der Waals surface area contributed by atoms with Gasteiger partial charge < -0.3 is 19.9 Å². The van der Waals surface area contributed by atoms with Gasteiger partial charge in [0.15, 0.2) is 0 Å². The topological polar surface area (TPSA) is 44.8 Å². The molecule has 0 saturated carbocycles. The minimum absolute atomic E-state index is 0.0700. The van der Waals surface area contributed by atoms with Gasteiger partial charge in [-0.25, -0.2) is 0 Å². The van der Waals surface area contributed by atoms with Gasteiger partial charge in [0, 0.05) is 13.1 Å². The van der Waals surface area contributed by atoms with Crippen molar-refractivity contribution in [3.63, 3.8) is 0 Å². The van der Waals surface area contributed by atoms with Gasteiger partial charge in [-0.3, -0.25) is 4.79 Å². The van der Waals surface area contributed by atoms with E-state index in [1.165, 1.54) is 32.4 Å². The molecule has 5 heteroatoms. The molecule has 2 saturated heterocycles. The second kappa shape index (κ2) is 7.96. The Hall–Kier alpha value is -0.650. The van der Waals surface area contributed by atoms with E-state index >= 15 is 0 Å². The lowest BCUT2D eigenvalue weighted by Crippen LogP contribution is -2.49. The van der Waals surface area contributed by atoms with Gasteiger partial charge in [-0.15, -0.1) is 0 Å². The van der Waals surface area contributed by atoms with Crippen molar-refractivity contribution >= 4 is 5.91 Å². The molecule has 0 aliphatic carbocycles. The molecule has 5 nitrogen and oxygen atoms in total. The van der Waals surface area contributed by atoms with Crippen molar-refractivity contribution < 1.29 is 9.53 Å². The van der Waals surface area contributed by atoms with Crippen LogP contribution in [0.1, 0.15) is 26.2 Å². The molecule has 1 N–H and O–H groups in total. The largest absolute Gasteiger partial charge is 0.378 e. The first-order valence-electron chi connectivity index (χ1n) is 7.95. The van der Waals surface area contributed by atoms with Crippen molar-refractivity contribution in [1.82, 2.24) is 15.1 Å². The van der Waals surface area contributed by atoms with Crippen LogP contribution in [0.4, 0.5) is 0 Å². The number of likely N-dealkylation sites (tertiary alicyclic amines) is 1. The summed E-state index contributed by atoms with van der Waals surface area (Å²) < 4.78 is 5.28. The van der Waals surface area contributed by atoms with Gasteiger partial charge in [0.05, 0.1) is 19.3 Å². The number of ether oxygens (including phenoxy) is 1. The Morgan fingerprint density at radius 3 is 2.55 bits per heavy atom. The molecule has 0 aromatic heterocycles. The summed E-state index contributed by atoms with van der Waals surface area (Å²) in [5, 5.41) is 3.39. The number of rotatable bonds is 5. The molecule has 2 fully saturated rings.